The molecule has 3 nitrogen and oxygen atoms in total. The number of aryl methyl sites for hydroxylation is 2. The van der Waals surface area contributed by atoms with Crippen molar-refractivity contribution in [1.29, 1.82) is 0 Å². The lowest BCUT2D eigenvalue weighted by molar-refractivity contribution is -0.133. The van der Waals surface area contributed by atoms with E-state index in [0.717, 1.165) is 25.8 Å². The molecule has 20 heavy (non-hydrogen) atoms. The first-order valence-corrected chi connectivity index (χ1v) is 7.76. The molecule has 1 aliphatic heterocycles. The fraction of sp³-hybridized carbons (Fsp3) is 0.588. The van der Waals surface area contributed by atoms with Crippen molar-refractivity contribution in [3.05, 3.63) is 35.4 Å². The number of benzene rings is 1. The number of carbonyl (C=O) groups is 1. The monoisotopic (exact) mass is 274 g/mol. The van der Waals surface area contributed by atoms with E-state index < -0.39 is 0 Å². The van der Waals surface area contributed by atoms with Crippen molar-refractivity contribution < 1.29 is 4.79 Å². The van der Waals surface area contributed by atoms with Crippen LogP contribution in [0.15, 0.2) is 24.3 Å². The molecule has 1 aliphatic rings. The number of carbonyl (C=O) groups excluding carboxylic acids is 1. The Labute approximate surface area is 122 Å². The highest BCUT2D eigenvalue weighted by molar-refractivity contribution is 5.77. The van der Waals surface area contributed by atoms with Crippen molar-refractivity contribution in [2.24, 2.45) is 5.73 Å². The van der Waals surface area contributed by atoms with Crippen LogP contribution in [0.4, 0.5) is 0 Å². The maximum atomic E-state index is 12.5. The smallest absolute Gasteiger partial charge is 0.223 e. The molecule has 1 unspecified atom stereocenters. The summed E-state index contributed by atoms with van der Waals surface area (Å²) in [6.45, 7) is 3.58. The zero-order valence-corrected chi connectivity index (χ0v) is 12.5. The molecule has 1 fully saturated rings. The summed E-state index contributed by atoms with van der Waals surface area (Å²) in [6, 6.07) is 8.56. The first-order chi connectivity index (χ1) is 9.72. The average molecular weight is 274 g/mol. The number of hydrogen-bond acceptors (Lipinski definition) is 2. The van der Waals surface area contributed by atoms with Crippen molar-refractivity contribution in [1.82, 2.24) is 4.90 Å². The van der Waals surface area contributed by atoms with E-state index in [2.05, 4.69) is 19.1 Å². The molecule has 2 N–H and O–H groups in total. The van der Waals surface area contributed by atoms with Gasteiger partial charge in [0.05, 0.1) is 0 Å². The minimum atomic E-state index is 0.252. The Hall–Kier alpha value is -1.35. The highest BCUT2D eigenvalue weighted by Crippen LogP contribution is 2.18. The van der Waals surface area contributed by atoms with Crippen LogP contribution in [-0.4, -0.2) is 29.9 Å². The summed E-state index contributed by atoms with van der Waals surface area (Å²) in [4.78, 5) is 14.5. The molecule has 0 bridgehead atoms. The SMILES string of the molecule is Cc1ccccc1CCC(=O)N1CCCCCC1CN. The first-order valence-electron chi connectivity index (χ1n) is 7.76. The van der Waals surface area contributed by atoms with Gasteiger partial charge in [-0.3, -0.25) is 4.79 Å². The van der Waals surface area contributed by atoms with Crippen molar-refractivity contribution in [3.8, 4) is 0 Å². The lowest BCUT2D eigenvalue weighted by atomic mass is 10.0. The van der Waals surface area contributed by atoms with Crippen molar-refractivity contribution >= 4 is 5.91 Å². The molecule has 1 aromatic rings. The first kappa shape index (κ1) is 15.0. The van der Waals surface area contributed by atoms with E-state index in [-0.39, 0.29) is 11.9 Å². The lowest BCUT2D eigenvalue weighted by Crippen LogP contribution is -2.44. The van der Waals surface area contributed by atoms with Crippen LogP contribution in [0.1, 0.15) is 43.2 Å². The largest absolute Gasteiger partial charge is 0.338 e. The molecule has 3 heteroatoms. The Morgan fingerprint density at radius 3 is 2.85 bits per heavy atom. The molecule has 2 rings (SSSR count). The zero-order chi connectivity index (χ0) is 14.4. The minimum Gasteiger partial charge on any atom is -0.338 e. The van der Waals surface area contributed by atoms with E-state index in [9.17, 15) is 4.79 Å². The third-order valence-corrected chi connectivity index (χ3v) is 4.34. The van der Waals surface area contributed by atoms with Crippen LogP contribution in [0.5, 0.6) is 0 Å². The summed E-state index contributed by atoms with van der Waals surface area (Å²) in [5, 5.41) is 0. The van der Waals surface area contributed by atoms with Gasteiger partial charge in [-0.15, -0.1) is 0 Å². The van der Waals surface area contributed by atoms with Gasteiger partial charge in [0.25, 0.3) is 0 Å². The highest BCUT2D eigenvalue weighted by Gasteiger charge is 2.23. The van der Waals surface area contributed by atoms with E-state index >= 15 is 0 Å². The standard InChI is InChI=1S/C17H26N2O/c1-14-7-4-5-8-15(14)10-11-17(20)19-12-6-2-3-9-16(19)13-18/h4-5,7-8,16H,2-3,6,9-13,18H2,1H3. The molecular weight excluding hydrogens is 248 g/mol. The second-order valence-electron chi connectivity index (χ2n) is 5.75. The molecule has 0 spiro atoms. The van der Waals surface area contributed by atoms with Gasteiger partial charge in [0.1, 0.15) is 0 Å². The van der Waals surface area contributed by atoms with Crippen LogP contribution in [0.25, 0.3) is 0 Å². The van der Waals surface area contributed by atoms with Gasteiger partial charge in [0.15, 0.2) is 0 Å². The Bertz CT molecular complexity index is 444. The molecule has 0 saturated carbocycles. The number of nitrogens with zero attached hydrogens (tertiary/aromatic N) is 1. The summed E-state index contributed by atoms with van der Waals surface area (Å²) in [5.74, 6) is 0.269. The molecule has 1 aromatic carbocycles. The van der Waals surface area contributed by atoms with Crippen LogP contribution in [0.2, 0.25) is 0 Å². The van der Waals surface area contributed by atoms with Gasteiger partial charge in [0.2, 0.25) is 5.91 Å². The van der Waals surface area contributed by atoms with E-state index in [1.165, 1.54) is 24.0 Å². The second kappa shape index (κ2) is 7.44. The molecule has 1 atom stereocenters. The third-order valence-electron chi connectivity index (χ3n) is 4.34. The third kappa shape index (κ3) is 3.83. The highest BCUT2D eigenvalue weighted by atomic mass is 16.2. The number of rotatable bonds is 4. The van der Waals surface area contributed by atoms with Gasteiger partial charge in [-0.2, -0.15) is 0 Å². The summed E-state index contributed by atoms with van der Waals surface area (Å²) in [5.41, 5.74) is 8.39. The predicted octanol–water partition coefficient (Wildman–Crippen LogP) is 2.66. The predicted molar refractivity (Wildman–Crippen MR) is 82.5 cm³/mol. The normalized spacial score (nSPS) is 19.7. The fourth-order valence-corrected chi connectivity index (χ4v) is 3.03. The van der Waals surface area contributed by atoms with Gasteiger partial charge in [-0.25, -0.2) is 0 Å². The van der Waals surface area contributed by atoms with E-state index in [4.69, 9.17) is 5.73 Å². The minimum absolute atomic E-state index is 0.252. The van der Waals surface area contributed by atoms with Crippen molar-refractivity contribution in [3.63, 3.8) is 0 Å². The molecule has 1 heterocycles. The summed E-state index contributed by atoms with van der Waals surface area (Å²) in [6.07, 6.45) is 6.03. The van der Waals surface area contributed by atoms with E-state index in [1.54, 1.807) is 0 Å². The molecule has 0 aliphatic carbocycles. The molecule has 0 aromatic heterocycles. The quantitative estimate of drug-likeness (QED) is 0.917. The number of nitrogens with two attached hydrogens (primary N) is 1. The fourth-order valence-electron chi connectivity index (χ4n) is 3.03. The Balaban J connectivity index is 1.94. The van der Waals surface area contributed by atoms with Gasteiger partial charge < -0.3 is 10.6 Å². The molecule has 0 radical (unpaired) electrons. The van der Waals surface area contributed by atoms with Crippen molar-refractivity contribution in [2.45, 2.75) is 51.5 Å². The maximum absolute atomic E-state index is 12.5. The van der Waals surface area contributed by atoms with Gasteiger partial charge in [0, 0.05) is 25.6 Å². The van der Waals surface area contributed by atoms with Gasteiger partial charge >= 0.3 is 0 Å². The summed E-state index contributed by atoms with van der Waals surface area (Å²) < 4.78 is 0. The van der Waals surface area contributed by atoms with E-state index in [1.807, 2.05) is 17.0 Å². The summed E-state index contributed by atoms with van der Waals surface area (Å²) in [7, 11) is 0. The van der Waals surface area contributed by atoms with E-state index in [0.29, 0.717) is 13.0 Å². The van der Waals surface area contributed by atoms with Gasteiger partial charge in [-0.1, -0.05) is 37.1 Å². The Morgan fingerprint density at radius 1 is 1.30 bits per heavy atom. The molecule has 1 saturated heterocycles. The van der Waals surface area contributed by atoms with Crippen molar-refractivity contribution in [2.75, 3.05) is 13.1 Å². The Morgan fingerprint density at radius 2 is 2.10 bits per heavy atom. The van der Waals surface area contributed by atoms with Crippen LogP contribution >= 0.6 is 0 Å². The number of hydrogen-bond donors (Lipinski definition) is 1. The van der Waals surface area contributed by atoms with Crippen LogP contribution < -0.4 is 5.73 Å². The Kier molecular flexibility index (Phi) is 5.60. The molecule has 110 valence electrons. The summed E-state index contributed by atoms with van der Waals surface area (Å²) >= 11 is 0. The van der Waals surface area contributed by atoms with Gasteiger partial charge in [-0.05, 0) is 37.3 Å². The average Bonchev–Trinajstić information content (AvgIpc) is 2.71. The molecular formula is C17H26N2O. The number of likely N-dealkylation sites (tertiary alicyclic amines) is 1. The number of amides is 1. The molecule has 1 amide bonds. The zero-order valence-electron chi connectivity index (χ0n) is 12.5. The topological polar surface area (TPSA) is 46.3 Å². The maximum Gasteiger partial charge on any atom is 0.223 e. The van der Waals surface area contributed by atoms with Crippen LogP contribution in [0.3, 0.4) is 0 Å². The van der Waals surface area contributed by atoms with Crippen LogP contribution in [0, 0.1) is 6.92 Å². The lowest BCUT2D eigenvalue weighted by Gasteiger charge is -2.29. The van der Waals surface area contributed by atoms with Crippen LogP contribution in [-0.2, 0) is 11.2 Å². The second-order valence-corrected chi connectivity index (χ2v) is 5.75.